The maximum absolute atomic E-state index is 14.4. The van der Waals surface area contributed by atoms with Crippen LogP contribution >= 0.6 is 11.6 Å². The van der Waals surface area contributed by atoms with Crippen molar-refractivity contribution < 1.29 is 23.2 Å². The number of nitrogens with zero attached hydrogens (tertiary/aromatic N) is 3. The number of benzene rings is 1. The zero-order valence-electron chi connectivity index (χ0n) is 18.8. The normalized spacial score (nSPS) is 17.1. The Balaban J connectivity index is 1.34. The SMILES string of the molecule is CC(=O)N1CC2(C1)CN(C(=O)[C@H](Cc1ccc(F)cc1F)NC(=O)c1cc3cc(Cl)cnc3[nH]1)C2. The first-order chi connectivity index (χ1) is 16.6. The molecular formula is C24H22ClF2N5O3. The molecule has 2 fully saturated rings. The van der Waals surface area contributed by atoms with Crippen LogP contribution in [0.1, 0.15) is 23.0 Å². The standard InChI is InChI=1S/C24H22ClF2N5O3/c1-13(33)31-9-24(10-31)11-32(12-24)23(35)20(5-14-2-3-17(26)7-18(14)27)30-22(34)19-6-15-4-16(25)8-28-21(15)29-19/h2-4,6-8,20H,5,9-12H2,1H3,(H,28,29)(H,30,34)/t20-/m0/s1. The van der Waals surface area contributed by atoms with E-state index >= 15 is 0 Å². The van der Waals surface area contributed by atoms with Gasteiger partial charge in [-0.2, -0.15) is 0 Å². The van der Waals surface area contributed by atoms with Crippen LogP contribution in [-0.4, -0.2) is 69.7 Å². The van der Waals surface area contributed by atoms with Crippen molar-refractivity contribution in [3.05, 3.63) is 64.4 Å². The second-order valence-corrected chi connectivity index (χ2v) is 9.75. The van der Waals surface area contributed by atoms with Crippen molar-refractivity contribution >= 4 is 40.4 Å². The maximum Gasteiger partial charge on any atom is 0.268 e. The summed E-state index contributed by atoms with van der Waals surface area (Å²) in [5, 5.41) is 3.73. The van der Waals surface area contributed by atoms with E-state index in [4.69, 9.17) is 11.6 Å². The van der Waals surface area contributed by atoms with E-state index < -0.39 is 23.6 Å². The second-order valence-electron chi connectivity index (χ2n) is 9.31. The molecule has 182 valence electrons. The van der Waals surface area contributed by atoms with Gasteiger partial charge >= 0.3 is 0 Å². The van der Waals surface area contributed by atoms with Crippen LogP contribution < -0.4 is 5.32 Å². The maximum atomic E-state index is 14.4. The summed E-state index contributed by atoms with van der Waals surface area (Å²) in [7, 11) is 0. The molecule has 1 spiro atoms. The van der Waals surface area contributed by atoms with Crippen LogP contribution in [0.15, 0.2) is 36.5 Å². The van der Waals surface area contributed by atoms with E-state index in [-0.39, 0.29) is 34.9 Å². The fourth-order valence-corrected chi connectivity index (χ4v) is 4.95. The molecule has 0 bridgehead atoms. The zero-order chi connectivity index (χ0) is 24.9. The molecule has 0 aliphatic carbocycles. The van der Waals surface area contributed by atoms with Crippen LogP contribution in [0, 0.1) is 17.0 Å². The Morgan fingerprint density at radius 2 is 1.86 bits per heavy atom. The predicted molar refractivity (Wildman–Crippen MR) is 124 cm³/mol. The molecule has 2 aliphatic rings. The number of carbonyl (C=O) groups excluding carboxylic acids is 3. The first-order valence-corrected chi connectivity index (χ1v) is 11.4. The molecule has 3 amide bonds. The van der Waals surface area contributed by atoms with Gasteiger partial charge in [-0.25, -0.2) is 13.8 Å². The third-order valence-electron chi connectivity index (χ3n) is 6.59. The number of carbonyl (C=O) groups is 3. The Bertz CT molecular complexity index is 1350. The fourth-order valence-electron chi connectivity index (χ4n) is 4.78. The lowest BCUT2D eigenvalue weighted by Gasteiger charge is -2.60. The molecule has 2 saturated heterocycles. The number of likely N-dealkylation sites (tertiary alicyclic amines) is 2. The molecule has 5 rings (SSSR count). The summed E-state index contributed by atoms with van der Waals surface area (Å²) in [6.45, 7) is 3.57. The number of rotatable bonds is 5. The third kappa shape index (κ3) is 4.45. The van der Waals surface area contributed by atoms with Crippen molar-refractivity contribution in [2.45, 2.75) is 19.4 Å². The topological polar surface area (TPSA) is 98.4 Å². The smallest absolute Gasteiger partial charge is 0.268 e. The second kappa shape index (κ2) is 8.60. The van der Waals surface area contributed by atoms with E-state index in [9.17, 15) is 23.2 Å². The molecule has 35 heavy (non-hydrogen) atoms. The number of hydrogen-bond acceptors (Lipinski definition) is 4. The van der Waals surface area contributed by atoms with E-state index in [2.05, 4.69) is 15.3 Å². The summed E-state index contributed by atoms with van der Waals surface area (Å²) in [6, 6.07) is 5.25. The number of aromatic amines is 1. The molecule has 3 aromatic rings. The minimum atomic E-state index is -1.08. The molecule has 2 aromatic heterocycles. The number of amides is 3. The van der Waals surface area contributed by atoms with Crippen molar-refractivity contribution in [3.8, 4) is 0 Å². The largest absolute Gasteiger partial charge is 0.341 e. The van der Waals surface area contributed by atoms with Gasteiger partial charge < -0.3 is 20.1 Å². The number of hydrogen-bond donors (Lipinski definition) is 2. The molecular weight excluding hydrogens is 480 g/mol. The van der Waals surface area contributed by atoms with E-state index in [1.807, 2.05) is 0 Å². The van der Waals surface area contributed by atoms with Crippen molar-refractivity contribution in [1.29, 1.82) is 0 Å². The Hall–Kier alpha value is -3.53. The lowest BCUT2D eigenvalue weighted by atomic mass is 9.72. The Morgan fingerprint density at radius 1 is 1.14 bits per heavy atom. The first kappa shape index (κ1) is 23.2. The summed E-state index contributed by atoms with van der Waals surface area (Å²) in [5.74, 6) is -2.47. The van der Waals surface area contributed by atoms with Crippen molar-refractivity contribution in [3.63, 3.8) is 0 Å². The monoisotopic (exact) mass is 501 g/mol. The van der Waals surface area contributed by atoms with Crippen LogP contribution in [0.3, 0.4) is 0 Å². The van der Waals surface area contributed by atoms with Gasteiger partial charge in [-0.15, -0.1) is 0 Å². The predicted octanol–water partition coefficient (Wildman–Crippen LogP) is 2.53. The lowest BCUT2D eigenvalue weighted by Crippen LogP contribution is -2.74. The summed E-state index contributed by atoms with van der Waals surface area (Å²) >= 11 is 5.96. The van der Waals surface area contributed by atoms with E-state index in [0.29, 0.717) is 42.2 Å². The Labute approximate surface area is 204 Å². The molecule has 2 N–H and O–H groups in total. The average molecular weight is 502 g/mol. The van der Waals surface area contributed by atoms with Crippen LogP contribution in [0.5, 0.6) is 0 Å². The lowest BCUT2D eigenvalue weighted by molar-refractivity contribution is -0.168. The highest BCUT2D eigenvalue weighted by molar-refractivity contribution is 6.31. The number of H-pyrrole nitrogens is 1. The van der Waals surface area contributed by atoms with Crippen LogP contribution in [0.25, 0.3) is 11.0 Å². The molecule has 11 heteroatoms. The zero-order valence-corrected chi connectivity index (χ0v) is 19.5. The Morgan fingerprint density at radius 3 is 2.54 bits per heavy atom. The van der Waals surface area contributed by atoms with Crippen LogP contribution in [0.4, 0.5) is 8.78 Å². The number of aromatic nitrogens is 2. The van der Waals surface area contributed by atoms with Crippen molar-refractivity contribution in [2.75, 3.05) is 26.2 Å². The number of pyridine rings is 1. The summed E-state index contributed by atoms with van der Waals surface area (Å²) in [4.78, 5) is 48.2. The average Bonchev–Trinajstić information content (AvgIpc) is 3.16. The molecule has 1 atom stereocenters. The third-order valence-corrected chi connectivity index (χ3v) is 6.79. The molecule has 0 saturated carbocycles. The van der Waals surface area contributed by atoms with Gasteiger partial charge in [-0.1, -0.05) is 17.7 Å². The molecule has 1 aromatic carbocycles. The first-order valence-electron chi connectivity index (χ1n) is 11.1. The minimum absolute atomic E-state index is 0.00793. The van der Waals surface area contributed by atoms with Gasteiger partial charge in [0.05, 0.1) is 5.02 Å². The Kier molecular flexibility index (Phi) is 5.71. The number of nitrogens with one attached hydrogen (secondary N) is 2. The minimum Gasteiger partial charge on any atom is -0.341 e. The van der Waals surface area contributed by atoms with E-state index in [0.717, 1.165) is 12.1 Å². The van der Waals surface area contributed by atoms with Crippen LogP contribution in [0.2, 0.25) is 5.02 Å². The van der Waals surface area contributed by atoms with Crippen molar-refractivity contribution in [2.24, 2.45) is 5.41 Å². The number of halogens is 3. The van der Waals surface area contributed by atoms with Gasteiger partial charge in [0.2, 0.25) is 11.8 Å². The summed E-state index contributed by atoms with van der Waals surface area (Å²) < 4.78 is 27.8. The molecule has 2 aliphatic heterocycles. The fraction of sp³-hybridized carbons (Fsp3) is 0.333. The van der Waals surface area contributed by atoms with Crippen LogP contribution in [-0.2, 0) is 16.0 Å². The van der Waals surface area contributed by atoms with Crippen molar-refractivity contribution in [1.82, 2.24) is 25.1 Å². The number of fused-ring (bicyclic) bond motifs is 1. The molecule has 8 nitrogen and oxygen atoms in total. The molecule has 0 radical (unpaired) electrons. The van der Waals surface area contributed by atoms with E-state index in [1.54, 1.807) is 21.9 Å². The quantitative estimate of drug-likeness (QED) is 0.561. The highest BCUT2D eigenvalue weighted by Crippen LogP contribution is 2.40. The van der Waals surface area contributed by atoms with E-state index in [1.165, 1.54) is 19.2 Å². The van der Waals surface area contributed by atoms with Gasteiger partial charge in [0, 0.05) is 62.6 Å². The summed E-state index contributed by atoms with van der Waals surface area (Å²) in [6.07, 6.45) is 1.29. The molecule has 4 heterocycles. The van der Waals surface area contributed by atoms with Gasteiger partial charge in [-0.3, -0.25) is 14.4 Å². The van der Waals surface area contributed by atoms with Gasteiger partial charge in [0.1, 0.15) is 29.0 Å². The highest BCUT2D eigenvalue weighted by Gasteiger charge is 2.54. The highest BCUT2D eigenvalue weighted by atomic mass is 35.5. The van der Waals surface area contributed by atoms with Gasteiger partial charge in [0.15, 0.2) is 0 Å². The van der Waals surface area contributed by atoms with Gasteiger partial charge in [-0.05, 0) is 23.8 Å². The van der Waals surface area contributed by atoms with Gasteiger partial charge in [0.25, 0.3) is 5.91 Å². The summed E-state index contributed by atoms with van der Waals surface area (Å²) in [5.41, 5.74) is 0.607. The molecule has 0 unspecified atom stereocenters.